The molecule has 0 bridgehead atoms. The fourth-order valence-electron chi connectivity index (χ4n) is 1.11. The Hall–Kier alpha value is 0.0300. The summed E-state index contributed by atoms with van der Waals surface area (Å²) in [6.45, 7) is 3.81. The van der Waals surface area contributed by atoms with Gasteiger partial charge in [0.15, 0.2) is 0 Å². The molecule has 0 heterocycles. The van der Waals surface area contributed by atoms with Crippen LogP contribution in [-0.4, -0.2) is 55.7 Å². The van der Waals surface area contributed by atoms with Crippen molar-refractivity contribution >= 4 is 30.1 Å². The molecule has 0 rings (SSSR count). The van der Waals surface area contributed by atoms with E-state index in [0.717, 1.165) is 12.2 Å². The van der Waals surface area contributed by atoms with Gasteiger partial charge in [0, 0.05) is 20.2 Å². The van der Waals surface area contributed by atoms with E-state index in [0.29, 0.717) is 19.8 Å². The summed E-state index contributed by atoms with van der Waals surface area (Å²) in [5, 5.41) is 0. The standard InChI is InChI=1S/C10H22N2O2S.ClH/c1-4-14-7-6-12(2)10(13)9(11)5-8-15-3;/h9H,4-8,11H2,1-3H3;1H/t9-;/m0./s1. The van der Waals surface area contributed by atoms with Crippen LogP contribution in [0.15, 0.2) is 0 Å². The summed E-state index contributed by atoms with van der Waals surface area (Å²) >= 11 is 1.71. The molecule has 0 aromatic carbocycles. The zero-order chi connectivity index (χ0) is 11.7. The van der Waals surface area contributed by atoms with Crippen molar-refractivity contribution in [3.63, 3.8) is 0 Å². The predicted molar refractivity (Wildman–Crippen MR) is 72.4 cm³/mol. The van der Waals surface area contributed by atoms with Crippen molar-refractivity contribution in [1.29, 1.82) is 0 Å². The Kier molecular flexibility index (Phi) is 13.2. The second-order valence-corrected chi connectivity index (χ2v) is 4.33. The van der Waals surface area contributed by atoms with Crippen LogP contribution in [-0.2, 0) is 9.53 Å². The molecule has 0 spiro atoms. The van der Waals surface area contributed by atoms with Crippen LogP contribution in [0.1, 0.15) is 13.3 Å². The molecule has 0 aliphatic rings. The van der Waals surface area contributed by atoms with Crippen molar-refractivity contribution in [3.05, 3.63) is 0 Å². The largest absolute Gasteiger partial charge is 0.380 e. The van der Waals surface area contributed by atoms with E-state index >= 15 is 0 Å². The van der Waals surface area contributed by atoms with Crippen molar-refractivity contribution < 1.29 is 9.53 Å². The summed E-state index contributed by atoms with van der Waals surface area (Å²) in [5.41, 5.74) is 5.76. The SMILES string of the molecule is CCOCCN(C)C(=O)[C@@H](N)CCSC.Cl. The summed E-state index contributed by atoms with van der Waals surface area (Å²) in [4.78, 5) is 13.3. The number of likely N-dealkylation sites (N-methyl/N-ethyl adjacent to an activating group) is 1. The highest BCUT2D eigenvalue weighted by molar-refractivity contribution is 7.98. The van der Waals surface area contributed by atoms with E-state index in [4.69, 9.17) is 10.5 Å². The lowest BCUT2D eigenvalue weighted by Crippen LogP contribution is -2.43. The summed E-state index contributed by atoms with van der Waals surface area (Å²) < 4.78 is 5.18. The average Bonchev–Trinajstić information content (AvgIpc) is 2.24. The minimum absolute atomic E-state index is 0. The van der Waals surface area contributed by atoms with Crippen molar-refractivity contribution in [1.82, 2.24) is 4.90 Å². The molecule has 1 amide bonds. The van der Waals surface area contributed by atoms with Gasteiger partial charge in [-0.15, -0.1) is 12.4 Å². The Balaban J connectivity index is 0. The molecule has 0 aromatic rings. The highest BCUT2D eigenvalue weighted by Crippen LogP contribution is 2.01. The van der Waals surface area contributed by atoms with Crippen LogP contribution in [0.25, 0.3) is 0 Å². The maximum atomic E-state index is 11.7. The van der Waals surface area contributed by atoms with Gasteiger partial charge in [0.25, 0.3) is 0 Å². The summed E-state index contributed by atoms with van der Waals surface area (Å²) in [6, 6.07) is -0.371. The van der Waals surface area contributed by atoms with Gasteiger partial charge in [-0.3, -0.25) is 4.79 Å². The topological polar surface area (TPSA) is 55.6 Å². The predicted octanol–water partition coefficient (Wildman–Crippen LogP) is 0.984. The van der Waals surface area contributed by atoms with Crippen molar-refractivity contribution in [2.24, 2.45) is 5.73 Å². The molecule has 0 saturated heterocycles. The molecule has 0 unspecified atom stereocenters. The fraction of sp³-hybridized carbons (Fsp3) is 0.900. The third-order valence-corrected chi connectivity index (χ3v) is 2.75. The molecule has 0 aliphatic carbocycles. The molecule has 2 N–H and O–H groups in total. The maximum Gasteiger partial charge on any atom is 0.239 e. The first-order chi connectivity index (χ1) is 7.13. The molecule has 98 valence electrons. The molecule has 16 heavy (non-hydrogen) atoms. The lowest BCUT2D eigenvalue weighted by molar-refractivity contribution is -0.131. The highest BCUT2D eigenvalue weighted by Gasteiger charge is 2.16. The number of halogens is 1. The molecule has 0 aliphatic heterocycles. The number of nitrogens with two attached hydrogens (primary N) is 1. The Morgan fingerprint density at radius 3 is 2.69 bits per heavy atom. The van der Waals surface area contributed by atoms with Crippen LogP contribution in [0, 0.1) is 0 Å². The second-order valence-electron chi connectivity index (χ2n) is 3.34. The van der Waals surface area contributed by atoms with E-state index in [2.05, 4.69) is 0 Å². The van der Waals surface area contributed by atoms with Gasteiger partial charge in [-0.25, -0.2) is 0 Å². The Labute approximate surface area is 109 Å². The van der Waals surface area contributed by atoms with Crippen molar-refractivity contribution in [2.45, 2.75) is 19.4 Å². The number of amides is 1. The third kappa shape index (κ3) is 8.21. The number of carbonyl (C=O) groups excluding carboxylic acids is 1. The number of hydrogen-bond acceptors (Lipinski definition) is 4. The monoisotopic (exact) mass is 270 g/mol. The fourth-order valence-corrected chi connectivity index (χ4v) is 1.60. The highest BCUT2D eigenvalue weighted by atomic mass is 35.5. The lowest BCUT2D eigenvalue weighted by atomic mass is 10.2. The molecular weight excluding hydrogens is 248 g/mol. The Morgan fingerprint density at radius 1 is 1.56 bits per heavy atom. The summed E-state index contributed by atoms with van der Waals surface area (Å²) in [7, 11) is 1.76. The lowest BCUT2D eigenvalue weighted by Gasteiger charge is -2.20. The van der Waals surface area contributed by atoms with Crippen LogP contribution in [0.2, 0.25) is 0 Å². The van der Waals surface area contributed by atoms with Gasteiger partial charge < -0.3 is 15.4 Å². The minimum atomic E-state index is -0.371. The van der Waals surface area contributed by atoms with Crippen LogP contribution in [0.5, 0.6) is 0 Å². The second kappa shape index (κ2) is 11.5. The van der Waals surface area contributed by atoms with Gasteiger partial charge >= 0.3 is 0 Å². The number of thioether (sulfide) groups is 1. The normalized spacial score (nSPS) is 11.8. The first-order valence-corrected chi connectivity index (χ1v) is 6.60. The molecule has 1 atom stereocenters. The summed E-state index contributed by atoms with van der Waals surface area (Å²) in [6.07, 6.45) is 2.75. The van der Waals surface area contributed by atoms with E-state index < -0.39 is 0 Å². The Morgan fingerprint density at radius 2 is 2.19 bits per heavy atom. The molecule has 0 fully saturated rings. The zero-order valence-electron chi connectivity index (χ0n) is 10.3. The van der Waals surface area contributed by atoms with E-state index in [1.54, 1.807) is 23.7 Å². The van der Waals surface area contributed by atoms with E-state index in [9.17, 15) is 4.79 Å². The first kappa shape index (κ1) is 18.4. The van der Waals surface area contributed by atoms with E-state index in [-0.39, 0.29) is 24.4 Å². The smallest absolute Gasteiger partial charge is 0.239 e. The zero-order valence-corrected chi connectivity index (χ0v) is 11.9. The maximum absolute atomic E-state index is 11.7. The molecular formula is C10H23ClN2O2S. The van der Waals surface area contributed by atoms with Crippen LogP contribution >= 0.6 is 24.2 Å². The van der Waals surface area contributed by atoms with Gasteiger partial charge in [-0.2, -0.15) is 11.8 Å². The average molecular weight is 271 g/mol. The number of carbonyl (C=O) groups is 1. The molecule has 4 nitrogen and oxygen atoms in total. The van der Waals surface area contributed by atoms with Gasteiger partial charge in [0.2, 0.25) is 5.91 Å². The van der Waals surface area contributed by atoms with E-state index in [1.165, 1.54) is 0 Å². The van der Waals surface area contributed by atoms with Crippen molar-refractivity contribution in [3.8, 4) is 0 Å². The van der Waals surface area contributed by atoms with Gasteiger partial charge in [-0.05, 0) is 25.4 Å². The van der Waals surface area contributed by atoms with Crippen LogP contribution in [0.3, 0.4) is 0 Å². The summed E-state index contributed by atoms with van der Waals surface area (Å²) in [5.74, 6) is 0.926. The number of nitrogens with zero attached hydrogens (tertiary/aromatic N) is 1. The van der Waals surface area contributed by atoms with Gasteiger partial charge in [0.1, 0.15) is 0 Å². The molecule has 6 heteroatoms. The quantitative estimate of drug-likeness (QED) is 0.668. The van der Waals surface area contributed by atoms with Crippen LogP contribution < -0.4 is 5.73 Å². The van der Waals surface area contributed by atoms with Crippen molar-refractivity contribution in [2.75, 3.05) is 38.8 Å². The van der Waals surface area contributed by atoms with Gasteiger partial charge in [0.05, 0.1) is 12.6 Å². The minimum Gasteiger partial charge on any atom is -0.380 e. The van der Waals surface area contributed by atoms with Crippen LogP contribution in [0.4, 0.5) is 0 Å². The molecule has 0 aromatic heterocycles. The third-order valence-electron chi connectivity index (χ3n) is 2.10. The number of hydrogen-bond donors (Lipinski definition) is 1. The molecule has 0 saturated carbocycles. The number of ether oxygens (including phenoxy) is 1. The number of rotatable bonds is 8. The Bertz CT molecular complexity index is 184. The van der Waals surface area contributed by atoms with Gasteiger partial charge in [-0.1, -0.05) is 0 Å². The molecule has 0 radical (unpaired) electrons. The first-order valence-electron chi connectivity index (χ1n) is 5.20. The van der Waals surface area contributed by atoms with E-state index in [1.807, 2.05) is 13.2 Å².